The van der Waals surface area contributed by atoms with E-state index < -0.39 is 23.5 Å². The lowest BCUT2D eigenvalue weighted by atomic mass is 10.0. The van der Waals surface area contributed by atoms with Crippen molar-refractivity contribution in [3.8, 4) is 11.1 Å². The average molecular weight is 506 g/mol. The number of hydrogen-bond donors (Lipinski definition) is 0. The molecule has 0 bridgehead atoms. The molecule has 174 valence electrons. The number of ketones is 1. The molecule has 9 heteroatoms. The first kappa shape index (κ1) is 23.9. The first-order valence-electron chi connectivity index (χ1n) is 10.1. The number of nitrogens with zero attached hydrogens (tertiary/aromatic N) is 1. The van der Waals surface area contributed by atoms with Crippen LogP contribution in [0.2, 0.25) is 10.0 Å². The van der Waals surface area contributed by atoms with E-state index in [1.165, 1.54) is 59.1 Å². The van der Waals surface area contributed by atoms with Crippen molar-refractivity contribution in [1.82, 2.24) is 4.40 Å². The van der Waals surface area contributed by atoms with Gasteiger partial charge in [0.2, 0.25) is 5.78 Å². The number of ether oxygens (including phenoxy) is 1. The summed E-state index contributed by atoms with van der Waals surface area (Å²) in [5.41, 5.74) is -0.368. The fourth-order valence-electron chi connectivity index (χ4n) is 3.73. The van der Waals surface area contributed by atoms with Gasteiger partial charge in [-0.15, -0.1) is 0 Å². The van der Waals surface area contributed by atoms with Crippen molar-refractivity contribution in [3.05, 3.63) is 99.3 Å². The number of carbonyl (C=O) groups is 2. The van der Waals surface area contributed by atoms with Gasteiger partial charge >= 0.3 is 12.1 Å². The third-order valence-electron chi connectivity index (χ3n) is 5.22. The van der Waals surface area contributed by atoms with E-state index >= 15 is 0 Å². The van der Waals surface area contributed by atoms with Crippen molar-refractivity contribution in [3.63, 3.8) is 0 Å². The third-order valence-corrected chi connectivity index (χ3v) is 5.85. The summed E-state index contributed by atoms with van der Waals surface area (Å²) in [5, 5.41) is 0.166. The quantitative estimate of drug-likeness (QED) is 0.210. The van der Waals surface area contributed by atoms with Gasteiger partial charge in [0, 0.05) is 11.8 Å². The summed E-state index contributed by atoms with van der Waals surface area (Å²) in [6.45, 7) is 1.86. The molecule has 0 amide bonds. The van der Waals surface area contributed by atoms with Crippen molar-refractivity contribution in [1.29, 1.82) is 0 Å². The number of fused-ring (bicyclic) bond motifs is 1. The number of esters is 1. The van der Waals surface area contributed by atoms with E-state index in [1.807, 2.05) is 0 Å². The highest BCUT2D eigenvalue weighted by Crippen LogP contribution is 2.40. The van der Waals surface area contributed by atoms with Crippen molar-refractivity contribution >= 4 is 40.5 Å². The second-order valence-corrected chi connectivity index (χ2v) is 8.12. The van der Waals surface area contributed by atoms with Crippen molar-refractivity contribution in [2.45, 2.75) is 13.1 Å². The van der Waals surface area contributed by atoms with Crippen LogP contribution in [0.5, 0.6) is 0 Å². The summed E-state index contributed by atoms with van der Waals surface area (Å²) in [6, 6.07) is 14.0. The van der Waals surface area contributed by atoms with Crippen LogP contribution in [-0.4, -0.2) is 22.8 Å². The second kappa shape index (κ2) is 9.16. The van der Waals surface area contributed by atoms with Crippen molar-refractivity contribution < 1.29 is 27.5 Å². The van der Waals surface area contributed by atoms with Crippen LogP contribution in [0.15, 0.2) is 66.9 Å². The number of benzene rings is 2. The highest BCUT2D eigenvalue weighted by Gasteiger charge is 2.35. The molecule has 0 saturated carbocycles. The number of pyridine rings is 1. The molecule has 4 rings (SSSR count). The van der Waals surface area contributed by atoms with Gasteiger partial charge in [-0.05, 0) is 55.0 Å². The Morgan fingerprint density at radius 2 is 1.62 bits per heavy atom. The Labute approximate surface area is 202 Å². The van der Waals surface area contributed by atoms with Crippen LogP contribution in [0, 0.1) is 0 Å². The molecule has 0 spiro atoms. The normalized spacial score (nSPS) is 11.6. The highest BCUT2D eigenvalue weighted by atomic mass is 35.5. The molecular weight excluding hydrogens is 490 g/mol. The van der Waals surface area contributed by atoms with E-state index in [4.69, 9.17) is 27.9 Å². The molecule has 0 unspecified atom stereocenters. The lowest BCUT2D eigenvalue weighted by Crippen LogP contribution is -2.10. The van der Waals surface area contributed by atoms with E-state index in [-0.39, 0.29) is 44.6 Å². The predicted molar refractivity (Wildman–Crippen MR) is 124 cm³/mol. The summed E-state index contributed by atoms with van der Waals surface area (Å²) < 4.78 is 47.9. The zero-order chi connectivity index (χ0) is 24.6. The summed E-state index contributed by atoms with van der Waals surface area (Å²) in [5.74, 6) is -1.17. The first-order valence-corrected chi connectivity index (χ1v) is 10.9. The molecule has 0 aliphatic heterocycles. The lowest BCUT2D eigenvalue weighted by molar-refractivity contribution is -0.136. The van der Waals surface area contributed by atoms with Crippen molar-refractivity contribution in [2.75, 3.05) is 6.61 Å². The standard InChI is InChI=1S/C25H16Cl2F3NO3/c1-2-34-24(33)15-10-8-14(9-11-15)16-13-20(23(32)21-18(26)6-3-7-19(21)27)31-12-4-5-17(22(16)31)25(28,29)30/h3-13H,2H2,1H3. The molecule has 2 aromatic carbocycles. The number of alkyl halides is 3. The van der Waals surface area contributed by atoms with E-state index in [2.05, 4.69) is 0 Å². The first-order chi connectivity index (χ1) is 16.1. The Bertz CT molecular complexity index is 1390. The zero-order valence-corrected chi connectivity index (χ0v) is 19.1. The fraction of sp³-hybridized carbons (Fsp3) is 0.120. The molecule has 4 aromatic rings. The van der Waals surface area contributed by atoms with Crippen LogP contribution in [0.25, 0.3) is 16.6 Å². The van der Waals surface area contributed by atoms with E-state index in [0.717, 1.165) is 6.07 Å². The lowest BCUT2D eigenvalue weighted by Gasteiger charge is -2.12. The molecule has 0 saturated heterocycles. The van der Waals surface area contributed by atoms with E-state index in [9.17, 15) is 22.8 Å². The summed E-state index contributed by atoms with van der Waals surface area (Å²) in [6.07, 6.45) is -3.30. The van der Waals surface area contributed by atoms with Gasteiger partial charge < -0.3 is 9.14 Å². The highest BCUT2D eigenvalue weighted by molar-refractivity contribution is 6.41. The van der Waals surface area contributed by atoms with Gasteiger partial charge in [-0.2, -0.15) is 13.2 Å². The van der Waals surface area contributed by atoms with Gasteiger partial charge in [0.1, 0.15) is 0 Å². The number of rotatable bonds is 5. The molecule has 0 aliphatic carbocycles. The molecule has 0 radical (unpaired) electrons. The maximum atomic E-state index is 13.9. The Balaban J connectivity index is 1.96. The summed E-state index contributed by atoms with van der Waals surface area (Å²) in [7, 11) is 0. The molecule has 0 aliphatic rings. The fourth-order valence-corrected chi connectivity index (χ4v) is 4.29. The van der Waals surface area contributed by atoms with Crippen LogP contribution in [0.4, 0.5) is 13.2 Å². The number of aromatic nitrogens is 1. The van der Waals surface area contributed by atoms with E-state index in [1.54, 1.807) is 13.0 Å². The Kier molecular flexibility index (Phi) is 6.43. The SMILES string of the molecule is CCOC(=O)c1ccc(-c2cc(C(=O)c3c(Cl)cccc3Cl)n3cccc(C(F)(F)F)c23)cc1. The number of carbonyl (C=O) groups excluding carboxylic acids is 2. The molecule has 0 N–H and O–H groups in total. The minimum atomic E-state index is -4.68. The molecular formula is C25H16Cl2F3NO3. The van der Waals surface area contributed by atoms with Crippen LogP contribution < -0.4 is 0 Å². The van der Waals surface area contributed by atoms with E-state index in [0.29, 0.717) is 5.56 Å². The zero-order valence-electron chi connectivity index (χ0n) is 17.6. The maximum absolute atomic E-state index is 13.9. The monoisotopic (exact) mass is 505 g/mol. The van der Waals surface area contributed by atoms with Gasteiger partial charge in [-0.3, -0.25) is 4.79 Å². The topological polar surface area (TPSA) is 47.8 Å². The molecule has 2 aromatic heterocycles. The van der Waals surface area contributed by atoms with Crippen LogP contribution >= 0.6 is 23.2 Å². The molecule has 4 nitrogen and oxygen atoms in total. The summed E-state index contributed by atoms with van der Waals surface area (Å²) in [4.78, 5) is 25.4. The number of halogens is 5. The minimum Gasteiger partial charge on any atom is -0.462 e. The van der Waals surface area contributed by atoms with Crippen LogP contribution in [0.3, 0.4) is 0 Å². The van der Waals surface area contributed by atoms with Crippen LogP contribution in [0.1, 0.15) is 38.9 Å². The minimum absolute atomic E-state index is 0.00754. The van der Waals surface area contributed by atoms with Crippen LogP contribution in [-0.2, 0) is 10.9 Å². The molecule has 34 heavy (non-hydrogen) atoms. The second-order valence-electron chi connectivity index (χ2n) is 7.31. The van der Waals surface area contributed by atoms with Gasteiger partial charge in [0.05, 0.1) is 44.6 Å². The summed E-state index contributed by atoms with van der Waals surface area (Å²) >= 11 is 12.4. The third kappa shape index (κ3) is 4.29. The van der Waals surface area contributed by atoms with Gasteiger partial charge in [0.15, 0.2) is 0 Å². The van der Waals surface area contributed by atoms with Gasteiger partial charge in [-0.1, -0.05) is 41.4 Å². The van der Waals surface area contributed by atoms with Gasteiger partial charge in [0.25, 0.3) is 0 Å². The Morgan fingerprint density at radius 3 is 2.21 bits per heavy atom. The smallest absolute Gasteiger partial charge is 0.418 e. The largest absolute Gasteiger partial charge is 0.462 e. The van der Waals surface area contributed by atoms with Crippen molar-refractivity contribution in [2.24, 2.45) is 0 Å². The predicted octanol–water partition coefficient (Wildman–Crippen LogP) is 7.34. The molecule has 0 fully saturated rings. The Hall–Kier alpha value is -3.29. The van der Waals surface area contributed by atoms with Gasteiger partial charge in [-0.25, -0.2) is 4.79 Å². The Morgan fingerprint density at radius 1 is 0.971 bits per heavy atom. The molecule has 0 atom stereocenters. The average Bonchev–Trinajstić information content (AvgIpc) is 3.18. The molecule has 2 heterocycles. The maximum Gasteiger partial charge on any atom is 0.418 e. The number of hydrogen-bond acceptors (Lipinski definition) is 3.